The summed E-state index contributed by atoms with van der Waals surface area (Å²) in [5.74, 6) is 0.0540. The summed E-state index contributed by atoms with van der Waals surface area (Å²) in [6.45, 7) is 2.00. The fraction of sp³-hybridized carbons (Fsp3) is 0.0667. The van der Waals surface area contributed by atoms with E-state index in [1.165, 1.54) is 0 Å². The molecule has 4 nitrogen and oxygen atoms in total. The van der Waals surface area contributed by atoms with Crippen molar-refractivity contribution in [3.8, 4) is 5.69 Å². The average molecular weight is 250 g/mol. The molecule has 0 saturated heterocycles. The third-order valence-corrected chi connectivity index (χ3v) is 3.22. The number of aromatic nitrogens is 2. The first-order valence-corrected chi connectivity index (χ1v) is 6.05. The van der Waals surface area contributed by atoms with E-state index in [0.29, 0.717) is 5.56 Å². The normalized spacial score (nSPS) is 10.8. The van der Waals surface area contributed by atoms with Crippen LogP contribution in [-0.4, -0.2) is 15.6 Å². The van der Waals surface area contributed by atoms with E-state index >= 15 is 0 Å². The zero-order valence-corrected chi connectivity index (χ0v) is 10.6. The van der Waals surface area contributed by atoms with E-state index in [9.17, 15) is 0 Å². The van der Waals surface area contributed by atoms with E-state index in [0.717, 1.165) is 22.2 Å². The lowest BCUT2D eigenvalue weighted by molar-refractivity contribution is 0.899. The summed E-state index contributed by atoms with van der Waals surface area (Å²) in [4.78, 5) is 0. The number of para-hydroxylation sites is 2. The molecule has 0 unspecified atom stereocenters. The van der Waals surface area contributed by atoms with Gasteiger partial charge in [-0.15, -0.1) is 0 Å². The number of hydrogen-bond donors (Lipinski definition) is 2. The van der Waals surface area contributed by atoms with Crippen molar-refractivity contribution in [1.82, 2.24) is 9.78 Å². The number of nitrogen functional groups attached to an aromatic ring is 1. The third kappa shape index (κ3) is 1.78. The first-order valence-electron chi connectivity index (χ1n) is 6.05. The Labute approximate surface area is 111 Å². The van der Waals surface area contributed by atoms with E-state index in [4.69, 9.17) is 11.1 Å². The van der Waals surface area contributed by atoms with Crippen LogP contribution in [0.15, 0.2) is 48.7 Å². The molecular formula is C15H14N4. The number of rotatable bonds is 2. The Bertz CT molecular complexity index is 771. The van der Waals surface area contributed by atoms with Gasteiger partial charge in [0.25, 0.3) is 0 Å². The van der Waals surface area contributed by atoms with Gasteiger partial charge in [-0.25, -0.2) is 4.68 Å². The highest BCUT2D eigenvalue weighted by Gasteiger charge is 2.13. The number of hydrogen-bond acceptors (Lipinski definition) is 2. The lowest BCUT2D eigenvalue weighted by Gasteiger charge is -2.12. The largest absolute Gasteiger partial charge is 0.384 e. The van der Waals surface area contributed by atoms with Gasteiger partial charge < -0.3 is 5.73 Å². The maximum absolute atomic E-state index is 7.72. The zero-order valence-electron chi connectivity index (χ0n) is 10.6. The molecule has 3 rings (SSSR count). The van der Waals surface area contributed by atoms with Crippen LogP contribution in [0.2, 0.25) is 0 Å². The van der Waals surface area contributed by atoms with Crippen LogP contribution in [0.3, 0.4) is 0 Å². The minimum absolute atomic E-state index is 0.0540. The Kier molecular flexibility index (Phi) is 2.56. The molecule has 3 aromatic rings. The molecule has 0 aliphatic rings. The van der Waals surface area contributed by atoms with Gasteiger partial charge in [0.05, 0.1) is 17.4 Å². The van der Waals surface area contributed by atoms with Crippen LogP contribution in [0.5, 0.6) is 0 Å². The van der Waals surface area contributed by atoms with E-state index in [1.54, 1.807) is 0 Å². The maximum Gasteiger partial charge on any atom is 0.124 e. The number of benzene rings is 2. The Morgan fingerprint density at radius 2 is 1.95 bits per heavy atom. The van der Waals surface area contributed by atoms with Gasteiger partial charge in [-0.3, -0.25) is 5.41 Å². The van der Waals surface area contributed by atoms with E-state index in [-0.39, 0.29) is 5.84 Å². The predicted molar refractivity (Wildman–Crippen MR) is 76.8 cm³/mol. The molecule has 0 spiro atoms. The molecule has 0 bridgehead atoms. The first kappa shape index (κ1) is 11.5. The van der Waals surface area contributed by atoms with Gasteiger partial charge in [-0.1, -0.05) is 30.3 Å². The molecule has 1 heterocycles. The maximum atomic E-state index is 7.72. The molecule has 0 saturated carbocycles. The lowest BCUT2D eigenvalue weighted by Crippen LogP contribution is -2.16. The van der Waals surface area contributed by atoms with Crippen LogP contribution in [-0.2, 0) is 0 Å². The molecule has 94 valence electrons. The summed E-state index contributed by atoms with van der Waals surface area (Å²) in [6, 6.07) is 13.7. The Morgan fingerprint density at radius 3 is 2.74 bits per heavy atom. The molecule has 3 N–H and O–H groups in total. The van der Waals surface area contributed by atoms with Crippen LogP contribution < -0.4 is 5.73 Å². The highest BCUT2D eigenvalue weighted by atomic mass is 15.3. The van der Waals surface area contributed by atoms with Crippen molar-refractivity contribution >= 4 is 16.7 Å². The predicted octanol–water partition coefficient (Wildman–Crippen LogP) is 2.62. The third-order valence-electron chi connectivity index (χ3n) is 3.22. The van der Waals surface area contributed by atoms with Crippen molar-refractivity contribution in [2.45, 2.75) is 6.92 Å². The fourth-order valence-electron chi connectivity index (χ4n) is 2.31. The average Bonchev–Trinajstić information content (AvgIpc) is 2.82. The number of amidine groups is 1. The SMILES string of the molecule is Cc1cccc(C(=N)N)c1-n1ncc2ccccc21. The monoisotopic (exact) mass is 250 g/mol. The molecule has 0 radical (unpaired) electrons. The number of nitrogens with one attached hydrogen (secondary N) is 1. The molecule has 19 heavy (non-hydrogen) atoms. The topological polar surface area (TPSA) is 67.7 Å². The van der Waals surface area contributed by atoms with Gasteiger partial charge in [0.2, 0.25) is 0 Å². The van der Waals surface area contributed by atoms with Crippen LogP contribution in [0.1, 0.15) is 11.1 Å². The fourth-order valence-corrected chi connectivity index (χ4v) is 2.31. The molecule has 2 aromatic carbocycles. The molecule has 0 amide bonds. The summed E-state index contributed by atoms with van der Waals surface area (Å²) < 4.78 is 1.85. The van der Waals surface area contributed by atoms with E-state index in [2.05, 4.69) is 5.10 Å². The van der Waals surface area contributed by atoms with Gasteiger partial charge >= 0.3 is 0 Å². The van der Waals surface area contributed by atoms with Gasteiger partial charge in [-0.2, -0.15) is 5.10 Å². The van der Waals surface area contributed by atoms with Crippen molar-refractivity contribution in [1.29, 1.82) is 5.41 Å². The summed E-state index contributed by atoms with van der Waals surface area (Å²) in [7, 11) is 0. The second-order valence-corrected chi connectivity index (χ2v) is 4.50. The summed E-state index contributed by atoms with van der Waals surface area (Å²) in [6.07, 6.45) is 1.83. The number of aryl methyl sites for hydroxylation is 1. The molecule has 4 heteroatoms. The molecule has 0 aliphatic carbocycles. The van der Waals surface area contributed by atoms with Crippen LogP contribution >= 0.6 is 0 Å². The first-order chi connectivity index (χ1) is 9.18. The Morgan fingerprint density at radius 1 is 1.16 bits per heavy atom. The molecule has 0 atom stereocenters. The van der Waals surface area contributed by atoms with Gasteiger partial charge in [0.15, 0.2) is 0 Å². The van der Waals surface area contributed by atoms with Crippen LogP contribution in [0.25, 0.3) is 16.6 Å². The van der Waals surface area contributed by atoms with E-state index < -0.39 is 0 Å². The molecule has 0 fully saturated rings. The summed E-state index contributed by atoms with van der Waals surface area (Å²) in [5.41, 5.74) is 9.31. The van der Waals surface area contributed by atoms with Gasteiger partial charge in [0, 0.05) is 10.9 Å². The lowest BCUT2D eigenvalue weighted by atomic mass is 10.1. The Balaban J connectivity index is 2.36. The van der Waals surface area contributed by atoms with Crippen molar-refractivity contribution in [2.75, 3.05) is 0 Å². The van der Waals surface area contributed by atoms with Crippen molar-refractivity contribution in [3.63, 3.8) is 0 Å². The van der Waals surface area contributed by atoms with E-state index in [1.807, 2.05) is 60.3 Å². The second kappa shape index (κ2) is 4.24. The highest BCUT2D eigenvalue weighted by molar-refractivity contribution is 5.99. The standard InChI is InChI=1S/C15H14N4/c1-10-5-4-7-12(15(16)17)14(10)19-13-8-3-2-6-11(13)9-18-19/h2-9H,1H3,(H3,16,17). The summed E-state index contributed by atoms with van der Waals surface area (Å²) >= 11 is 0. The van der Waals surface area contributed by atoms with Crippen LogP contribution in [0.4, 0.5) is 0 Å². The highest BCUT2D eigenvalue weighted by Crippen LogP contribution is 2.23. The minimum Gasteiger partial charge on any atom is -0.384 e. The molecular weight excluding hydrogens is 236 g/mol. The van der Waals surface area contributed by atoms with Gasteiger partial charge in [-0.05, 0) is 24.6 Å². The Hall–Kier alpha value is -2.62. The van der Waals surface area contributed by atoms with Crippen molar-refractivity contribution < 1.29 is 0 Å². The van der Waals surface area contributed by atoms with Crippen molar-refractivity contribution in [3.05, 3.63) is 59.8 Å². The second-order valence-electron chi connectivity index (χ2n) is 4.50. The number of nitrogens with two attached hydrogens (primary N) is 1. The summed E-state index contributed by atoms with van der Waals surface area (Å²) in [5, 5.41) is 13.2. The number of nitrogens with zero attached hydrogens (tertiary/aromatic N) is 2. The minimum atomic E-state index is 0.0540. The smallest absolute Gasteiger partial charge is 0.124 e. The van der Waals surface area contributed by atoms with Crippen molar-refractivity contribution in [2.24, 2.45) is 5.73 Å². The van der Waals surface area contributed by atoms with Crippen LogP contribution in [0, 0.1) is 12.3 Å². The zero-order chi connectivity index (χ0) is 13.4. The molecule has 1 aromatic heterocycles. The quantitative estimate of drug-likeness (QED) is 0.542. The molecule has 0 aliphatic heterocycles. The number of fused-ring (bicyclic) bond motifs is 1. The van der Waals surface area contributed by atoms with Gasteiger partial charge in [0.1, 0.15) is 5.84 Å².